The fourth-order valence-electron chi connectivity index (χ4n) is 4.04. The molecule has 10 heteroatoms. The Morgan fingerprint density at radius 1 is 1.06 bits per heavy atom. The van der Waals surface area contributed by atoms with E-state index >= 15 is 0 Å². The molecule has 1 fully saturated rings. The first-order valence-electron chi connectivity index (χ1n) is 10.3. The van der Waals surface area contributed by atoms with E-state index in [2.05, 4.69) is 35.3 Å². The van der Waals surface area contributed by atoms with Crippen molar-refractivity contribution in [2.24, 2.45) is 0 Å². The first-order chi connectivity index (χ1) is 15.0. The lowest BCUT2D eigenvalue weighted by Crippen LogP contribution is -2.26. The van der Waals surface area contributed by atoms with E-state index in [1.807, 2.05) is 12.1 Å². The maximum absolute atomic E-state index is 12.5. The molecule has 1 aromatic heterocycles. The third-order valence-electron chi connectivity index (χ3n) is 5.72. The molecule has 3 aromatic rings. The third-order valence-corrected chi connectivity index (χ3v) is 7.45. The first-order valence-corrected chi connectivity index (χ1v) is 13.3. The van der Waals surface area contributed by atoms with E-state index in [9.17, 15) is 8.42 Å². The summed E-state index contributed by atoms with van der Waals surface area (Å²) in [6, 6.07) is 15.6. The van der Waals surface area contributed by atoms with Gasteiger partial charge in [-0.1, -0.05) is 24.3 Å². The fraction of sp³-hybridized carbons (Fsp3) is 0.364. The molecule has 0 amide bonds. The average Bonchev–Trinajstić information content (AvgIpc) is 3.32. The van der Waals surface area contributed by atoms with Crippen molar-refractivity contribution in [3.05, 3.63) is 65.9 Å². The predicted molar refractivity (Wildman–Crippen MR) is 124 cm³/mol. The van der Waals surface area contributed by atoms with E-state index in [0.29, 0.717) is 17.4 Å². The molecule has 1 aliphatic rings. The van der Waals surface area contributed by atoms with E-state index in [-0.39, 0.29) is 5.75 Å². The van der Waals surface area contributed by atoms with Crippen LogP contribution in [0, 0.1) is 0 Å². The summed E-state index contributed by atoms with van der Waals surface area (Å²) in [6.45, 7) is 1.18. The second-order valence-electron chi connectivity index (χ2n) is 8.00. The van der Waals surface area contributed by atoms with Crippen LogP contribution < -0.4 is 0 Å². The SMILES string of the molecule is CN1CCC[C@@H]1Cc1c[nH]c2ccc(CCS(=O)(=O)c3ccccc3)cc12.O=S(=O)(O)O. The number of aromatic amines is 1. The highest BCUT2D eigenvalue weighted by molar-refractivity contribution is 7.91. The van der Waals surface area contributed by atoms with Crippen molar-refractivity contribution in [1.29, 1.82) is 0 Å². The number of nitrogens with zero attached hydrogens (tertiary/aromatic N) is 1. The van der Waals surface area contributed by atoms with Crippen molar-refractivity contribution in [2.45, 2.75) is 36.6 Å². The normalized spacial score (nSPS) is 17.3. The van der Waals surface area contributed by atoms with Gasteiger partial charge in [-0.2, -0.15) is 8.42 Å². The van der Waals surface area contributed by atoms with Gasteiger partial charge in [0.2, 0.25) is 0 Å². The van der Waals surface area contributed by atoms with Gasteiger partial charge in [-0.3, -0.25) is 9.11 Å². The van der Waals surface area contributed by atoms with Crippen LogP contribution in [0.4, 0.5) is 0 Å². The van der Waals surface area contributed by atoms with Crippen LogP contribution in [-0.2, 0) is 33.1 Å². The number of fused-ring (bicyclic) bond motifs is 1. The van der Waals surface area contributed by atoms with Gasteiger partial charge in [0, 0.05) is 23.1 Å². The van der Waals surface area contributed by atoms with Gasteiger partial charge < -0.3 is 9.88 Å². The number of H-pyrrole nitrogens is 1. The molecule has 2 heterocycles. The number of hydrogen-bond donors (Lipinski definition) is 3. The quantitative estimate of drug-likeness (QED) is 0.462. The number of likely N-dealkylation sites (N-methyl/N-ethyl adjacent to an activating group) is 1. The molecule has 8 nitrogen and oxygen atoms in total. The second kappa shape index (κ2) is 10.1. The number of sulfone groups is 1. The highest BCUT2D eigenvalue weighted by Gasteiger charge is 2.22. The monoisotopic (exact) mass is 480 g/mol. The summed E-state index contributed by atoms with van der Waals surface area (Å²) >= 11 is 0. The highest BCUT2D eigenvalue weighted by atomic mass is 32.3. The Labute approximate surface area is 188 Å². The molecule has 0 aliphatic carbocycles. The number of aryl methyl sites for hydroxylation is 1. The maximum Gasteiger partial charge on any atom is 0.394 e. The Hall–Kier alpha value is -2.24. The zero-order chi connectivity index (χ0) is 23.4. The Morgan fingerprint density at radius 3 is 2.38 bits per heavy atom. The Balaban J connectivity index is 0.000000523. The zero-order valence-corrected chi connectivity index (χ0v) is 19.4. The molecule has 0 bridgehead atoms. The van der Waals surface area contributed by atoms with Gasteiger partial charge in [-0.05, 0) is 74.7 Å². The summed E-state index contributed by atoms with van der Waals surface area (Å²) < 4.78 is 56.7. The van der Waals surface area contributed by atoms with Crippen LogP contribution in [0.1, 0.15) is 24.0 Å². The molecule has 0 unspecified atom stereocenters. The average molecular weight is 481 g/mol. The molecule has 2 aromatic carbocycles. The summed E-state index contributed by atoms with van der Waals surface area (Å²) in [7, 11) is -5.71. The van der Waals surface area contributed by atoms with E-state index < -0.39 is 20.2 Å². The molecule has 32 heavy (non-hydrogen) atoms. The first kappa shape index (κ1) is 24.4. The number of rotatable bonds is 6. The molecule has 4 rings (SSSR count). The van der Waals surface area contributed by atoms with Crippen LogP contribution in [-0.4, -0.2) is 61.2 Å². The molecule has 0 radical (unpaired) electrons. The van der Waals surface area contributed by atoms with Crippen molar-refractivity contribution < 1.29 is 25.9 Å². The lowest BCUT2D eigenvalue weighted by molar-refractivity contribution is 0.310. The van der Waals surface area contributed by atoms with E-state index in [1.165, 1.54) is 30.3 Å². The minimum Gasteiger partial charge on any atom is -0.361 e. The van der Waals surface area contributed by atoms with Gasteiger partial charge in [0.05, 0.1) is 10.6 Å². The Bertz CT molecular complexity index is 1250. The Kier molecular flexibility index (Phi) is 7.73. The van der Waals surface area contributed by atoms with E-state index in [0.717, 1.165) is 17.5 Å². The molecule has 174 valence electrons. The van der Waals surface area contributed by atoms with Gasteiger partial charge in [-0.15, -0.1) is 0 Å². The van der Waals surface area contributed by atoms with Crippen molar-refractivity contribution in [3.8, 4) is 0 Å². The van der Waals surface area contributed by atoms with E-state index in [1.54, 1.807) is 24.3 Å². The summed E-state index contributed by atoms with van der Waals surface area (Å²) in [4.78, 5) is 6.21. The zero-order valence-electron chi connectivity index (χ0n) is 17.8. The van der Waals surface area contributed by atoms with Crippen LogP contribution >= 0.6 is 0 Å². The van der Waals surface area contributed by atoms with Gasteiger partial charge in [0.15, 0.2) is 9.84 Å². The minimum absolute atomic E-state index is 0.133. The van der Waals surface area contributed by atoms with Crippen molar-refractivity contribution in [3.63, 3.8) is 0 Å². The number of nitrogens with one attached hydrogen (secondary N) is 1. The standard InChI is InChI=1S/C22H26N2O2S.H2O4S/c1-24-12-5-6-19(24)15-18-16-23-22-10-9-17(14-21(18)22)11-13-27(25,26)20-7-3-2-4-8-20;1-5(2,3)4/h2-4,7-10,14,16,19,23H,5-6,11-13,15H2,1H3;(H2,1,2,3,4)/t19-;/m1./s1. The van der Waals surface area contributed by atoms with Gasteiger partial charge in [-0.25, -0.2) is 8.42 Å². The maximum atomic E-state index is 12.5. The lowest BCUT2D eigenvalue weighted by atomic mass is 10.0. The molecular formula is C22H28N2O6S2. The smallest absolute Gasteiger partial charge is 0.361 e. The number of aromatic nitrogens is 1. The van der Waals surface area contributed by atoms with Crippen molar-refractivity contribution in [1.82, 2.24) is 9.88 Å². The van der Waals surface area contributed by atoms with Gasteiger partial charge in [0.25, 0.3) is 0 Å². The van der Waals surface area contributed by atoms with E-state index in [4.69, 9.17) is 17.5 Å². The molecule has 0 spiro atoms. The molecule has 0 saturated carbocycles. The van der Waals surface area contributed by atoms with Crippen LogP contribution in [0.15, 0.2) is 59.6 Å². The number of hydrogen-bond acceptors (Lipinski definition) is 5. The molecule has 3 N–H and O–H groups in total. The summed E-state index contributed by atoms with van der Waals surface area (Å²) in [5.41, 5.74) is 3.53. The minimum atomic E-state index is -4.67. The number of likely N-dealkylation sites (tertiary alicyclic amines) is 1. The predicted octanol–water partition coefficient (Wildman–Crippen LogP) is 3.17. The largest absolute Gasteiger partial charge is 0.394 e. The van der Waals surface area contributed by atoms with Crippen LogP contribution in [0.2, 0.25) is 0 Å². The fourth-order valence-corrected chi connectivity index (χ4v) is 5.35. The van der Waals surface area contributed by atoms with Gasteiger partial charge in [0.1, 0.15) is 0 Å². The molecule has 1 saturated heterocycles. The summed E-state index contributed by atoms with van der Waals surface area (Å²) in [5, 5.41) is 1.23. The number of benzene rings is 2. The molecule has 1 atom stereocenters. The third kappa shape index (κ3) is 6.88. The van der Waals surface area contributed by atoms with Gasteiger partial charge >= 0.3 is 10.4 Å². The molecule has 1 aliphatic heterocycles. The second-order valence-corrected chi connectivity index (χ2v) is 11.0. The van der Waals surface area contributed by atoms with Crippen LogP contribution in [0.25, 0.3) is 10.9 Å². The van der Waals surface area contributed by atoms with Crippen molar-refractivity contribution >= 4 is 31.1 Å². The topological polar surface area (TPSA) is 128 Å². The molecular weight excluding hydrogens is 452 g/mol. The Morgan fingerprint density at radius 2 is 1.75 bits per heavy atom. The van der Waals surface area contributed by atoms with Crippen LogP contribution in [0.3, 0.4) is 0 Å². The lowest BCUT2D eigenvalue weighted by Gasteiger charge is -2.18. The summed E-state index contributed by atoms with van der Waals surface area (Å²) in [5.74, 6) is 0.133. The van der Waals surface area contributed by atoms with Crippen molar-refractivity contribution in [2.75, 3.05) is 19.3 Å². The summed E-state index contributed by atoms with van der Waals surface area (Å²) in [6.07, 6.45) is 6.20. The van der Waals surface area contributed by atoms with Crippen LogP contribution in [0.5, 0.6) is 0 Å². The highest BCUT2D eigenvalue weighted by Crippen LogP contribution is 2.26.